The third-order valence-electron chi connectivity index (χ3n) is 2.30. The van der Waals surface area contributed by atoms with E-state index in [9.17, 15) is 9.18 Å². The predicted octanol–water partition coefficient (Wildman–Crippen LogP) is 2.53. The van der Waals surface area contributed by atoms with Crippen LogP contribution in [0.3, 0.4) is 0 Å². The van der Waals surface area contributed by atoms with Crippen molar-refractivity contribution in [1.29, 1.82) is 0 Å². The molecule has 0 unspecified atom stereocenters. The molecule has 1 amide bonds. The molecule has 0 radical (unpaired) electrons. The number of nitrogen functional groups attached to an aromatic ring is 1. The molecule has 98 valence electrons. The number of hydrogen-bond acceptors (Lipinski definition) is 4. The van der Waals surface area contributed by atoms with E-state index >= 15 is 0 Å². The first kappa shape index (κ1) is 13.4. The van der Waals surface area contributed by atoms with Gasteiger partial charge in [-0.15, -0.1) is 11.8 Å². The number of pyridine rings is 1. The Morgan fingerprint density at radius 2 is 2.05 bits per heavy atom. The van der Waals surface area contributed by atoms with E-state index in [-0.39, 0.29) is 17.5 Å². The van der Waals surface area contributed by atoms with Crippen LogP contribution in [0.1, 0.15) is 0 Å². The topological polar surface area (TPSA) is 68.0 Å². The van der Waals surface area contributed by atoms with E-state index in [1.165, 1.54) is 36.0 Å². The maximum atomic E-state index is 12.7. The Bertz CT molecular complexity index is 574. The molecule has 1 heterocycles. The van der Waals surface area contributed by atoms with Crippen LogP contribution in [0.4, 0.5) is 15.8 Å². The zero-order valence-corrected chi connectivity index (χ0v) is 10.8. The van der Waals surface area contributed by atoms with Crippen molar-refractivity contribution in [2.75, 3.05) is 16.8 Å². The highest BCUT2D eigenvalue weighted by molar-refractivity contribution is 8.00. The smallest absolute Gasteiger partial charge is 0.234 e. The highest BCUT2D eigenvalue weighted by Crippen LogP contribution is 2.23. The summed E-state index contributed by atoms with van der Waals surface area (Å²) in [6.45, 7) is 0. The number of aromatic nitrogens is 1. The van der Waals surface area contributed by atoms with Gasteiger partial charge in [-0.3, -0.25) is 9.78 Å². The SMILES string of the molecule is Nc1cnccc1SCC(=O)Nc1ccc(F)cc1. The normalized spacial score (nSPS) is 10.2. The van der Waals surface area contributed by atoms with Crippen molar-refractivity contribution in [3.63, 3.8) is 0 Å². The number of nitrogens with two attached hydrogens (primary N) is 1. The van der Waals surface area contributed by atoms with Gasteiger partial charge in [-0.25, -0.2) is 4.39 Å². The summed E-state index contributed by atoms with van der Waals surface area (Å²) < 4.78 is 12.7. The van der Waals surface area contributed by atoms with E-state index < -0.39 is 0 Å². The second kappa shape index (κ2) is 6.19. The van der Waals surface area contributed by atoms with Crippen LogP contribution in [0, 0.1) is 5.82 Å². The van der Waals surface area contributed by atoms with E-state index in [1.807, 2.05) is 0 Å². The highest BCUT2D eigenvalue weighted by atomic mass is 32.2. The summed E-state index contributed by atoms with van der Waals surface area (Å²) in [6.07, 6.45) is 3.16. The maximum Gasteiger partial charge on any atom is 0.234 e. The van der Waals surface area contributed by atoms with Crippen molar-refractivity contribution in [2.45, 2.75) is 4.90 Å². The number of thioether (sulfide) groups is 1. The van der Waals surface area contributed by atoms with Crippen molar-refractivity contribution in [3.8, 4) is 0 Å². The summed E-state index contributed by atoms with van der Waals surface area (Å²) in [6, 6.07) is 7.37. The lowest BCUT2D eigenvalue weighted by molar-refractivity contribution is -0.113. The van der Waals surface area contributed by atoms with Gasteiger partial charge in [0.05, 0.1) is 17.6 Å². The van der Waals surface area contributed by atoms with Gasteiger partial charge in [0.25, 0.3) is 0 Å². The molecule has 0 aliphatic heterocycles. The Balaban J connectivity index is 1.88. The molecule has 3 N–H and O–H groups in total. The minimum absolute atomic E-state index is 0.173. The monoisotopic (exact) mass is 277 g/mol. The quantitative estimate of drug-likeness (QED) is 0.843. The lowest BCUT2D eigenvalue weighted by Gasteiger charge is -2.06. The molecule has 0 bridgehead atoms. The van der Waals surface area contributed by atoms with Crippen molar-refractivity contribution < 1.29 is 9.18 Å². The number of benzene rings is 1. The second-order valence-corrected chi connectivity index (χ2v) is 4.77. The van der Waals surface area contributed by atoms with Crippen LogP contribution in [0.25, 0.3) is 0 Å². The van der Waals surface area contributed by atoms with Gasteiger partial charge >= 0.3 is 0 Å². The first-order valence-corrected chi connectivity index (χ1v) is 6.51. The van der Waals surface area contributed by atoms with Crippen molar-refractivity contribution >= 4 is 29.0 Å². The Morgan fingerprint density at radius 3 is 2.74 bits per heavy atom. The third kappa shape index (κ3) is 3.96. The molecule has 0 saturated heterocycles. The van der Waals surface area contributed by atoms with Crippen LogP contribution in [-0.4, -0.2) is 16.6 Å². The molecule has 0 spiro atoms. The molecule has 19 heavy (non-hydrogen) atoms. The zero-order chi connectivity index (χ0) is 13.7. The number of nitrogens with one attached hydrogen (secondary N) is 1. The van der Waals surface area contributed by atoms with Gasteiger partial charge in [-0.2, -0.15) is 0 Å². The number of amides is 1. The molecule has 2 aromatic rings. The summed E-state index contributed by atoms with van der Waals surface area (Å²) in [5.41, 5.74) is 6.83. The fourth-order valence-corrected chi connectivity index (χ4v) is 2.13. The maximum absolute atomic E-state index is 12.7. The number of carbonyl (C=O) groups is 1. The largest absolute Gasteiger partial charge is 0.397 e. The molecule has 0 atom stereocenters. The van der Waals surface area contributed by atoms with Crippen molar-refractivity contribution in [2.24, 2.45) is 0 Å². The number of carbonyl (C=O) groups excluding carboxylic acids is 1. The number of anilines is 2. The fraction of sp³-hybridized carbons (Fsp3) is 0.0769. The summed E-state index contributed by atoms with van der Waals surface area (Å²) in [7, 11) is 0. The minimum Gasteiger partial charge on any atom is -0.397 e. The standard InChI is InChI=1S/C13H12FN3OS/c14-9-1-3-10(4-2-9)17-13(18)8-19-12-5-6-16-7-11(12)15/h1-7H,8,15H2,(H,17,18). The van der Waals surface area contributed by atoms with E-state index in [2.05, 4.69) is 10.3 Å². The molecule has 4 nitrogen and oxygen atoms in total. The van der Waals surface area contributed by atoms with Gasteiger partial charge in [0.1, 0.15) is 5.82 Å². The van der Waals surface area contributed by atoms with Gasteiger partial charge in [0.15, 0.2) is 0 Å². The fourth-order valence-electron chi connectivity index (χ4n) is 1.40. The molecule has 0 fully saturated rings. The average Bonchev–Trinajstić information content (AvgIpc) is 2.40. The molecule has 6 heteroatoms. The summed E-state index contributed by atoms with van der Waals surface area (Å²) in [4.78, 5) is 16.4. The minimum atomic E-state index is -0.336. The first-order chi connectivity index (χ1) is 9.15. The van der Waals surface area contributed by atoms with Gasteiger partial charge in [0.2, 0.25) is 5.91 Å². The van der Waals surface area contributed by atoms with Gasteiger partial charge in [-0.05, 0) is 30.3 Å². The van der Waals surface area contributed by atoms with Crippen LogP contribution < -0.4 is 11.1 Å². The lowest BCUT2D eigenvalue weighted by Crippen LogP contribution is -2.14. The molecular weight excluding hydrogens is 265 g/mol. The third-order valence-corrected chi connectivity index (χ3v) is 3.39. The highest BCUT2D eigenvalue weighted by Gasteiger charge is 2.05. The van der Waals surface area contributed by atoms with Crippen LogP contribution in [0.2, 0.25) is 0 Å². The Hall–Kier alpha value is -2.08. The van der Waals surface area contributed by atoms with E-state index in [1.54, 1.807) is 18.5 Å². The van der Waals surface area contributed by atoms with Gasteiger partial charge in [-0.1, -0.05) is 0 Å². The van der Waals surface area contributed by atoms with Gasteiger partial charge < -0.3 is 11.1 Å². The predicted molar refractivity (Wildman–Crippen MR) is 74.4 cm³/mol. The van der Waals surface area contributed by atoms with Crippen LogP contribution in [0.5, 0.6) is 0 Å². The van der Waals surface area contributed by atoms with E-state index in [0.717, 1.165) is 4.90 Å². The summed E-state index contributed by atoms with van der Waals surface area (Å²) in [5.74, 6) is -0.282. The second-order valence-electron chi connectivity index (χ2n) is 3.76. The molecule has 1 aromatic carbocycles. The Morgan fingerprint density at radius 1 is 1.32 bits per heavy atom. The van der Waals surface area contributed by atoms with Crippen molar-refractivity contribution in [1.82, 2.24) is 4.98 Å². The molecule has 0 aliphatic carbocycles. The molecule has 0 aliphatic rings. The van der Waals surface area contributed by atoms with Crippen molar-refractivity contribution in [3.05, 3.63) is 48.5 Å². The van der Waals surface area contributed by atoms with E-state index in [0.29, 0.717) is 11.4 Å². The zero-order valence-electron chi connectivity index (χ0n) is 9.97. The number of halogens is 1. The number of nitrogens with zero attached hydrogens (tertiary/aromatic N) is 1. The Labute approximate surface area is 114 Å². The average molecular weight is 277 g/mol. The first-order valence-electron chi connectivity index (χ1n) is 5.53. The summed E-state index contributed by atoms with van der Waals surface area (Å²) in [5, 5.41) is 2.68. The number of hydrogen-bond donors (Lipinski definition) is 2. The Kier molecular flexibility index (Phi) is 4.35. The molecule has 1 aromatic heterocycles. The van der Waals surface area contributed by atoms with Crippen LogP contribution in [0.15, 0.2) is 47.6 Å². The number of rotatable bonds is 4. The van der Waals surface area contributed by atoms with Gasteiger partial charge in [0, 0.05) is 16.8 Å². The molecule has 2 rings (SSSR count). The molecule has 0 saturated carbocycles. The van der Waals surface area contributed by atoms with Crippen LogP contribution >= 0.6 is 11.8 Å². The summed E-state index contributed by atoms with van der Waals surface area (Å²) >= 11 is 1.33. The van der Waals surface area contributed by atoms with Crippen LogP contribution in [-0.2, 0) is 4.79 Å². The lowest BCUT2D eigenvalue weighted by atomic mass is 10.3. The van der Waals surface area contributed by atoms with E-state index in [4.69, 9.17) is 5.73 Å². The molecular formula is C13H12FN3OS.